The number of furan rings is 1. The van der Waals surface area contributed by atoms with Gasteiger partial charge < -0.3 is 14.7 Å². The number of nitrogens with zero attached hydrogens (tertiary/aromatic N) is 5. The van der Waals surface area contributed by atoms with Gasteiger partial charge in [0.2, 0.25) is 5.91 Å². The maximum Gasteiger partial charge on any atom is 0.253 e. The number of carbonyl (C=O) groups is 2. The van der Waals surface area contributed by atoms with Crippen LogP contribution in [0.2, 0.25) is 0 Å². The van der Waals surface area contributed by atoms with E-state index in [-0.39, 0.29) is 30.0 Å². The largest absolute Gasteiger partial charge is 0.467 e. The summed E-state index contributed by atoms with van der Waals surface area (Å²) in [5, 5.41) is 16.9. The minimum atomic E-state index is -0.389. The number of hydrazone groups is 1. The SMILES string of the molecule is Cn1c(CCC(N)=O)nnc1SCC(=O)N1N=C(c2cccs2)C[C@@H]1c1ccco1. The fourth-order valence-corrected chi connectivity index (χ4v) is 4.65. The second-order valence-corrected chi connectivity index (χ2v) is 8.60. The van der Waals surface area contributed by atoms with Crippen LogP contribution in [0, 0.1) is 0 Å². The quantitative estimate of drug-likeness (QED) is 0.533. The Kier molecular flexibility index (Phi) is 6.00. The van der Waals surface area contributed by atoms with Crippen LogP contribution >= 0.6 is 23.1 Å². The fourth-order valence-electron chi connectivity index (χ4n) is 3.15. The van der Waals surface area contributed by atoms with Gasteiger partial charge in [-0.3, -0.25) is 9.59 Å². The molecule has 1 atom stereocenters. The maximum absolute atomic E-state index is 13.0. The molecule has 2 N–H and O–H groups in total. The third-order valence-corrected chi connectivity index (χ3v) is 6.61. The second kappa shape index (κ2) is 8.84. The average molecular weight is 445 g/mol. The molecule has 1 aliphatic rings. The van der Waals surface area contributed by atoms with Crippen molar-refractivity contribution in [3.63, 3.8) is 0 Å². The molecule has 4 heterocycles. The Bertz CT molecular complexity index is 1060. The molecule has 0 radical (unpaired) electrons. The van der Waals surface area contributed by atoms with Gasteiger partial charge in [-0.15, -0.1) is 21.5 Å². The molecule has 9 nitrogen and oxygen atoms in total. The summed E-state index contributed by atoms with van der Waals surface area (Å²) in [5.41, 5.74) is 6.07. The minimum absolute atomic E-state index is 0.144. The van der Waals surface area contributed by atoms with E-state index in [1.54, 1.807) is 29.2 Å². The summed E-state index contributed by atoms with van der Waals surface area (Å²) in [6, 6.07) is 7.37. The highest BCUT2D eigenvalue weighted by molar-refractivity contribution is 7.99. The summed E-state index contributed by atoms with van der Waals surface area (Å²) >= 11 is 2.88. The average Bonchev–Trinajstić information content (AvgIpc) is 3.52. The third-order valence-electron chi connectivity index (χ3n) is 4.69. The van der Waals surface area contributed by atoms with Crippen molar-refractivity contribution in [2.24, 2.45) is 17.9 Å². The highest BCUT2D eigenvalue weighted by Gasteiger charge is 2.35. The van der Waals surface area contributed by atoms with Crippen molar-refractivity contribution in [3.8, 4) is 0 Å². The van der Waals surface area contributed by atoms with Gasteiger partial charge in [-0.2, -0.15) is 5.10 Å². The molecule has 0 aliphatic carbocycles. The van der Waals surface area contributed by atoms with Gasteiger partial charge >= 0.3 is 0 Å². The van der Waals surface area contributed by atoms with Crippen molar-refractivity contribution in [3.05, 3.63) is 52.4 Å². The van der Waals surface area contributed by atoms with Crippen molar-refractivity contribution in [2.75, 3.05) is 5.75 Å². The number of thioether (sulfide) groups is 1. The first-order chi connectivity index (χ1) is 14.5. The molecule has 0 aromatic carbocycles. The predicted octanol–water partition coefficient (Wildman–Crippen LogP) is 2.36. The van der Waals surface area contributed by atoms with Gasteiger partial charge in [0.25, 0.3) is 5.91 Å². The van der Waals surface area contributed by atoms with E-state index in [4.69, 9.17) is 10.2 Å². The molecule has 1 aliphatic heterocycles. The number of aryl methyl sites for hydroxylation is 1. The lowest BCUT2D eigenvalue weighted by atomic mass is 10.1. The Morgan fingerprint density at radius 2 is 2.20 bits per heavy atom. The fraction of sp³-hybridized carbons (Fsp3) is 0.316. The number of aromatic nitrogens is 3. The molecule has 156 valence electrons. The Hall–Kier alpha value is -2.92. The number of carbonyl (C=O) groups excluding carboxylic acids is 2. The first kappa shape index (κ1) is 20.4. The molecule has 0 saturated carbocycles. The number of rotatable bonds is 8. The molecule has 30 heavy (non-hydrogen) atoms. The van der Waals surface area contributed by atoms with Crippen molar-refractivity contribution in [1.29, 1.82) is 0 Å². The zero-order chi connectivity index (χ0) is 21.1. The topological polar surface area (TPSA) is 120 Å². The van der Waals surface area contributed by atoms with Crippen molar-refractivity contribution in [2.45, 2.75) is 30.5 Å². The van der Waals surface area contributed by atoms with E-state index in [1.165, 1.54) is 16.8 Å². The van der Waals surface area contributed by atoms with Crippen LogP contribution in [-0.2, 0) is 23.1 Å². The summed E-state index contributed by atoms with van der Waals surface area (Å²) in [5.74, 6) is 0.974. The van der Waals surface area contributed by atoms with Crippen LogP contribution in [0.1, 0.15) is 35.3 Å². The zero-order valence-electron chi connectivity index (χ0n) is 16.2. The summed E-state index contributed by atoms with van der Waals surface area (Å²) in [6.07, 6.45) is 2.82. The minimum Gasteiger partial charge on any atom is -0.467 e. The Labute approximate surface area is 180 Å². The van der Waals surface area contributed by atoms with Gasteiger partial charge in [-0.05, 0) is 23.6 Å². The molecule has 3 aromatic rings. The molecular weight excluding hydrogens is 424 g/mol. The number of hydrogen-bond acceptors (Lipinski definition) is 8. The van der Waals surface area contributed by atoms with Crippen molar-refractivity contribution < 1.29 is 14.0 Å². The Balaban J connectivity index is 1.46. The lowest BCUT2D eigenvalue weighted by Gasteiger charge is -2.19. The lowest BCUT2D eigenvalue weighted by Crippen LogP contribution is -2.28. The Morgan fingerprint density at radius 1 is 1.33 bits per heavy atom. The van der Waals surface area contributed by atoms with E-state index in [9.17, 15) is 9.59 Å². The normalized spacial score (nSPS) is 16.1. The van der Waals surface area contributed by atoms with Crippen molar-refractivity contribution >= 4 is 40.6 Å². The number of thiophene rings is 1. The van der Waals surface area contributed by atoms with Crippen LogP contribution in [0.3, 0.4) is 0 Å². The molecule has 0 saturated heterocycles. The standard InChI is InChI=1S/C19H20N6O3S2/c1-24-17(7-6-16(20)26)21-22-19(24)30-11-18(27)25-13(14-4-2-8-28-14)10-12(23-25)15-5-3-9-29-15/h2-5,8-9,13H,6-7,10-11H2,1H3,(H2,20,26)/t13-/m1/s1. The van der Waals surface area contributed by atoms with Crippen LogP contribution < -0.4 is 5.73 Å². The van der Waals surface area contributed by atoms with Crippen LogP contribution in [0.4, 0.5) is 0 Å². The van der Waals surface area contributed by atoms with E-state index in [0.717, 1.165) is 10.6 Å². The number of amides is 2. The number of nitrogens with two attached hydrogens (primary N) is 1. The van der Waals surface area contributed by atoms with E-state index in [2.05, 4.69) is 15.3 Å². The zero-order valence-corrected chi connectivity index (χ0v) is 17.9. The van der Waals surface area contributed by atoms with Gasteiger partial charge in [0.1, 0.15) is 17.6 Å². The summed E-state index contributed by atoms with van der Waals surface area (Å²) in [7, 11) is 1.80. The number of primary amides is 1. The summed E-state index contributed by atoms with van der Waals surface area (Å²) < 4.78 is 7.33. The van der Waals surface area contributed by atoms with Gasteiger partial charge in [-0.1, -0.05) is 17.8 Å². The molecule has 2 amide bonds. The van der Waals surface area contributed by atoms with Crippen molar-refractivity contribution in [1.82, 2.24) is 19.8 Å². The van der Waals surface area contributed by atoms with E-state index in [0.29, 0.717) is 29.6 Å². The van der Waals surface area contributed by atoms with Crippen LogP contribution in [0.15, 0.2) is 50.6 Å². The van der Waals surface area contributed by atoms with Crippen LogP contribution in [0.25, 0.3) is 0 Å². The van der Waals surface area contributed by atoms with Gasteiger partial charge in [-0.25, -0.2) is 5.01 Å². The van der Waals surface area contributed by atoms with E-state index >= 15 is 0 Å². The second-order valence-electron chi connectivity index (χ2n) is 6.71. The molecule has 0 spiro atoms. The first-order valence-corrected chi connectivity index (χ1v) is 11.2. The Morgan fingerprint density at radius 3 is 2.90 bits per heavy atom. The number of hydrogen-bond donors (Lipinski definition) is 1. The molecule has 11 heteroatoms. The lowest BCUT2D eigenvalue weighted by molar-refractivity contribution is -0.130. The van der Waals surface area contributed by atoms with Crippen LogP contribution in [-0.4, -0.2) is 43.1 Å². The highest BCUT2D eigenvalue weighted by atomic mass is 32.2. The van der Waals surface area contributed by atoms with Gasteiger partial charge in [0.15, 0.2) is 5.16 Å². The summed E-state index contributed by atoms with van der Waals surface area (Å²) in [4.78, 5) is 25.0. The smallest absolute Gasteiger partial charge is 0.253 e. The van der Waals surface area contributed by atoms with Crippen LogP contribution in [0.5, 0.6) is 0 Å². The molecular formula is C19H20N6O3S2. The third kappa shape index (κ3) is 4.31. The van der Waals surface area contributed by atoms with Gasteiger partial charge in [0.05, 0.1) is 22.6 Å². The van der Waals surface area contributed by atoms with E-state index in [1.807, 2.05) is 29.6 Å². The van der Waals surface area contributed by atoms with Gasteiger partial charge in [0, 0.05) is 26.3 Å². The summed E-state index contributed by atoms with van der Waals surface area (Å²) in [6.45, 7) is 0. The molecule has 0 fully saturated rings. The molecule has 3 aromatic heterocycles. The molecule has 4 rings (SSSR count). The van der Waals surface area contributed by atoms with E-state index < -0.39 is 0 Å². The first-order valence-electron chi connectivity index (χ1n) is 9.29. The molecule has 0 bridgehead atoms. The monoisotopic (exact) mass is 444 g/mol. The predicted molar refractivity (Wildman–Crippen MR) is 113 cm³/mol. The molecule has 0 unspecified atom stereocenters. The highest BCUT2D eigenvalue weighted by Crippen LogP contribution is 2.34. The maximum atomic E-state index is 13.0.